The summed E-state index contributed by atoms with van der Waals surface area (Å²) in [7, 11) is 0. The van der Waals surface area contributed by atoms with Crippen molar-refractivity contribution in [2.45, 2.75) is 13.0 Å². The zero-order valence-corrected chi connectivity index (χ0v) is 10.1. The van der Waals surface area contributed by atoms with Crippen LogP contribution in [-0.2, 0) is 0 Å². The molecule has 17 heavy (non-hydrogen) atoms. The lowest BCUT2D eigenvalue weighted by Crippen LogP contribution is -1.95. The van der Waals surface area contributed by atoms with Crippen LogP contribution in [0.5, 0.6) is 11.5 Å². The highest BCUT2D eigenvalue weighted by Crippen LogP contribution is 2.24. The largest absolute Gasteiger partial charge is 0.456 e. The maximum absolute atomic E-state index is 9.32. The summed E-state index contributed by atoms with van der Waals surface area (Å²) < 4.78 is 5.57. The minimum absolute atomic E-state index is 0.574. The molecule has 0 aliphatic carbocycles. The van der Waals surface area contributed by atoms with E-state index in [4.69, 9.17) is 16.3 Å². The van der Waals surface area contributed by atoms with Crippen LogP contribution < -0.4 is 4.74 Å². The molecule has 0 bridgehead atoms. The van der Waals surface area contributed by atoms with Gasteiger partial charge in [-0.25, -0.2) is 0 Å². The van der Waals surface area contributed by atoms with Crippen molar-refractivity contribution in [3.05, 3.63) is 53.3 Å². The fraction of sp³-hybridized carbons (Fsp3) is 0.154. The van der Waals surface area contributed by atoms with E-state index in [0.29, 0.717) is 22.2 Å². The van der Waals surface area contributed by atoms with Crippen LogP contribution in [0.1, 0.15) is 18.7 Å². The van der Waals surface area contributed by atoms with E-state index >= 15 is 0 Å². The SMILES string of the molecule is C[C@@H](O)c1ccc(Oc2cccc(Cl)c2)cn1. The predicted molar refractivity (Wildman–Crippen MR) is 66.4 cm³/mol. The van der Waals surface area contributed by atoms with Crippen LogP contribution in [0.25, 0.3) is 0 Å². The van der Waals surface area contributed by atoms with Gasteiger partial charge >= 0.3 is 0 Å². The molecule has 0 unspecified atom stereocenters. The average Bonchev–Trinajstić information content (AvgIpc) is 2.29. The molecule has 1 heterocycles. The maximum Gasteiger partial charge on any atom is 0.145 e. The third kappa shape index (κ3) is 3.19. The van der Waals surface area contributed by atoms with Gasteiger partial charge in [-0.15, -0.1) is 0 Å². The van der Waals surface area contributed by atoms with Gasteiger partial charge in [0.15, 0.2) is 0 Å². The Morgan fingerprint density at radius 2 is 2.06 bits per heavy atom. The molecule has 1 aromatic heterocycles. The fourth-order valence-corrected chi connectivity index (χ4v) is 1.55. The standard InChI is InChI=1S/C13H12ClNO2/c1-9(16)13-6-5-12(8-15-13)17-11-4-2-3-10(14)7-11/h2-9,16H,1H3/t9-/m1/s1. The van der Waals surface area contributed by atoms with Crippen molar-refractivity contribution < 1.29 is 9.84 Å². The molecule has 1 atom stereocenters. The predicted octanol–water partition coefficient (Wildman–Crippen LogP) is 3.58. The van der Waals surface area contributed by atoms with Crippen molar-refractivity contribution in [1.29, 1.82) is 0 Å². The first kappa shape index (κ1) is 11.9. The number of hydrogen-bond donors (Lipinski definition) is 1. The highest BCUT2D eigenvalue weighted by Gasteiger charge is 2.03. The van der Waals surface area contributed by atoms with Gasteiger partial charge in [0.25, 0.3) is 0 Å². The Labute approximate surface area is 105 Å². The Kier molecular flexibility index (Phi) is 3.61. The second kappa shape index (κ2) is 5.17. The van der Waals surface area contributed by atoms with Crippen LogP contribution in [0, 0.1) is 0 Å². The molecule has 0 amide bonds. The van der Waals surface area contributed by atoms with Crippen LogP contribution in [0.4, 0.5) is 0 Å². The molecule has 3 nitrogen and oxygen atoms in total. The van der Waals surface area contributed by atoms with Crippen LogP contribution in [-0.4, -0.2) is 10.1 Å². The zero-order valence-electron chi connectivity index (χ0n) is 9.30. The number of halogens is 1. The van der Waals surface area contributed by atoms with Gasteiger partial charge in [0.05, 0.1) is 18.0 Å². The molecule has 2 aromatic rings. The molecule has 0 aliphatic rings. The molecule has 1 aromatic carbocycles. The Morgan fingerprint density at radius 1 is 1.24 bits per heavy atom. The molecule has 0 aliphatic heterocycles. The molecule has 88 valence electrons. The summed E-state index contributed by atoms with van der Waals surface area (Å²) >= 11 is 5.85. The van der Waals surface area contributed by atoms with Gasteiger partial charge in [0.2, 0.25) is 0 Å². The maximum atomic E-state index is 9.32. The smallest absolute Gasteiger partial charge is 0.145 e. The quantitative estimate of drug-likeness (QED) is 0.904. The number of nitrogens with zero attached hydrogens (tertiary/aromatic N) is 1. The van der Waals surface area contributed by atoms with E-state index in [1.807, 2.05) is 12.1 Å². The summed E-state index contributed by atoms with van der Waals surface area (Å²) in [6, 6.07) is 10.6. The summed E-state index contributed by atoms with van der Waals surface area (Å²) in [4.78, 5) is 4.09. The topological polar surface area (TPSA) is 42.4 Å². The Morgan fingerprint density at radius 3 is 2.65 bits per heavy atom. The van der Waals surface area contributed by atoms with Gasteiger partial charge < -0.3 is 9.84 Å². The van der Waals surface area contributed by atoms with Crippen molar-refractivity contribution >= 4 is 11.6 Å². The number of hydrogen-bond acceptors (Lipinski definition) is 3. The summed E-state index contributed by atoms with van der Waals surface area (Å²) in [6.07, 6.45) is 0.999. The van der Waals surface area contributed by atoms with Crippen LogP contribution in [0.3, 0.4) is 0 Å². The van der Waals surface area contributed by atoms with Crippen molar-refractivity contribution in [1.82, 2.24) is 4.98 Å². The van der Waals surface area contributed by atoms with Crippen molar-refractivity contribution in [2.24, 2.45) is 0 Å². The number of aliphatic hydroxyl groups is 1. The van der Waals surface area contributed by atoms with E-state index in [1.54, 1.807) is 37.4 Å². The minimum atomic E-state index is -0.574. The van der Waals surface area contributed by atoms with E-state index < -0.39 is 6.10 Å². The first-order valence-corrected chi connectivity index (χ1v) is 5.60. The number of aromatic nitrogens is 1. The van der Waals surface area contributed by atoms with Crippen LogP contribution >= 0.6 is 11.6 Å². The van der Waals surface area contributed by atoms with E-state index in [2.05, 4.69) is 4.98 Å². The van der Waals surface area contributed by atoms with Gasteiger partial charge in [-0.2, -0.15) is 0 Å². The molecule has 0 saturated carbocycles. The van der Waals surface area contributed by atoms with Crippen LogP contribution in [0.15, 0.2) is 42.6 Å². The van der Waals surface area contributed by atoms with Gasteiger partial charge in [-0.05, 0) is 37.3 Å². The summed E-state index contributed by atoms with van der Waals surface area (Å²) in [5.74, 6) is 1.26. The van der Waals surface area contributed by atoms with Gasteiger partial charge in [0.1, 0.15) is 11.5 Å². The lowest BCUT2D eigenvalue weighted by molar-refractivity contribution is 0.194. The number of rotatable bonds is 3. The zero-order chi connectivity index (χ0) is 12.3. The molecule has 2 rings (SSSR count). The second-order valence-electron chi connectivity index (χ2n) is 3.65. The van der Waals surface area contributed by atoms with Gasteiger partial charge in [-0.3, -0.25) is 4.98 Å². The summed E-state index contributed by atoms with van der Waals surface area (Å²) in [5.41, 5.74) is 0.614. The molecule has 0 spiro atoms. The number of ether oxygens (including phenoxy) is 1. The van der Waals surface area contributed by atoms with E-state index in [-0.39, 0.29) is 0 Å². The summed E-state index contributed by atoms with van der Waals surface area (Å²) in [5, 5.41) is 9.94. The lowest BCUT2D eigenvalue weighted by Gasteiger charge is -2.07. The number of aliphatic hydroxyl groups excluding tert-OH is 1. The molecule has 0 fully saturated rings. The molecule has 0 saturated heterocycles. The molecule has 1 N–H and O–H groups in total. The first-order valence-electron chi connectivity index (χ1n) is 5.22. The second-order valence-corrected chi connectivity index (χ2v) is 4.09. The third-order valence-electron chi connectivity index (χ3n) is 2.22. The number of pyridine rings is 1. The minimum Gasteiger partial charge on any atom is -0.456 e. The summed E-state index contributed by atoms with van der Waals surface area (Å²) in [6.45, 7) is 1.67. The van der Waals surface area contributed by atoms with Crippen molar-refractivity contribution in [3.8, 4) is 11.5 Å². The normalized spacial score (nSPS) is 12.2. The van der Waals surface area contributed by atoms with Crippen molar-refractivity contribution in [2.75, 3.05) is 0 Å². The molecular weight excluding hydrogens is 238 g/mol. The molecular formula is C13H12ClNO2. The monoisotopic (exact) mass is 249 g/mol. The fourth-order valence-electron chi connectivity index (χ4n) is 1.37. The average molecular weight is 250 g/mol. The number of benzene rings is 1. The Bertz CT molecular complexity index is 497. The molecule has 0 radical (unpaired) electrons. The van der Waals surface area contributed by atoms with Gasteiger partial charge in [-0.1, -0.05) is 17.7 Å². The first-order chi connectivity index (χ1) is 8.15. The van der Waals surface area contributed by atoms with E-state index in [1.165, 1.54) is 0 Å². The highest BCUT2D eigenvalue weighted by atomic mass is 35.5. The third-order valence-corrected chi connectivity index (χ3v) is 2.45. The molecule has 4 heteroatoms. The highest BCUT2D eigenvalue weighted by molar-refractivity contribution is 6.30. The Hall–Kier alpha value is -1.58. The van der Waals surface area contributed by atoms with Crippen molar-refractivity contribution in [3.63, 3.8) is 0 Å². The van der Waals surface area contributed by atoms with Crippen LogP contribution in [0.2, 0.25) is 5.02 Å². The van der Waals surface area contributed by atoms with Gasteiger partial charge in [0, 0.05) is 5.02 Å². The van der Waals surface area contributed by atoms with E-state index in [9.17, 15) is 5.11 Å². The van der Waals surface area contributed by atoms with E-state index in [0.717, 1.165) is 0 Å². The Balaban J connectivity index is 2.14. The lowest BCUT2D eigenvalue weighted by atomic mass is 10.2.